The van der Waals surface area contributed by atoms with Crippen molar-refractivity contribution in [2.45, 2.75) is 52.3 Å². The molecule has 132 valence electrons. The van der Waals surface area contributed by atoms with Crippen molar-refractivity contribution in [2.75, 3.05) is 0 Å². The van der Waals surface area contributed by atoms with Crippen LogP contribution in [0.1, 0.15) is 38.4 Å². The second kappa shape index (κ2) is 8.12. The highest BCUT2D eigenvalue weighted by atomic mass is 16.5. The van der Waals surface area contributed by atoms with E-state index in [2.05, 4.69) is 45.6 Å². The summed E-state index contributed by atoms with van der Waals surface area (Å²) in [7, 11) is 0. The number of nitrogens with zero attached hydrogens (tertiary/aromatic N) is 2. The number of fused-ring (bicyclic) bond motifs is 1. The minimum absolute atomic E-state index is 0.125. The van der Waals surface area contributed by atoms with Crippen LogP contribution >= 0.6 is 0 Å². The van der Waals surface area contributed by atoms with Crippen molar-refractivity contribution < 1.29 is 4.74 Å². The quantitative estimate of drug-likeness (QED) is 0.655. The first-order valence-electron chi connectivity index (χ1n) is 8.89. The van der Waals surface area contributed by atoms with E-state index in [1.165, 1.54) is 11.1 Å². The molecule has 3 rings (SSSR count). The zero-order valence-electron chi connectivity index (χ0n) is 15.1. The molecule has 0 aliphatic heterocycles. The molecule has 5 nitrogen and oxygen atoms in total. The molecule has 1 aromatic carbocycles. The summed E-state index contributed by atoms with van der Waals surface area (Å²) in [5.41, 5.74) is 3.33. The molecular formula is C20H26N4O. The van der Waals surface area contributed by atoms with Gasteiger partial charge >= 0.3 is 0 Å². The molecule has 2 aromatic heterocycles. The van der Waals surface area contributed by atoms with Crippen LogP contribution in [-0.4, -0.2) is 27.3 Å². The Morgan fingerprint density at radius 1 is 1.12 bits per heavy atom. The highest BCUT2D eigenvalue weighted by Gasteiger charge is 2.10. The van der Waals surface area contributed by atoms with Gasteiger partial charge < -0.3 is 10.1 Å². The van der Waals surface area contributed by atoms with Crippen LogP contribution in [0.2, 0.25) is 0 Å². The van der Waals surface area contributed by atoms with Crippen LogP contribution in [0.25, 0.3) is 10.9 Å². The van der Waals surface area contributed by atoms with E-state index in [1.807, 2.05) is 32.0 Å². The molecule has 5 heteroatoms. The number of pyridine rings is 1. The Bertz CT molecular complexity index is 812. The van der Waals surface area contributed by atoms with Crippen LogP contribution < -0.4 is 10.1 Å². The maximum atomic E-state index is 5.78. The Morgan fingerprint density at radius 3 is 2.80 bits per heavy atom. The van der Waals surface area contributed by atoms with E-state index < -0.39 is 0 Å². The monoisotopic (exact) mass is 338 g/mol. The number of H-pyrrole nitrogens is 1. The molecule has 0 bridgehead atoms. The molecule has 0 spiro atoms. The number of aromatic nitrogens is 3. The van der Waals surface area contributed by atoms with E-state index >= 15 is 0 Å². The fourth-order valence-corrected chi connectivity index (χ4v) is 2.84. The molecule has 0 aliphatic rings. The summed E-state index contributed by atoms with van der Waals surface area (Å²) in [5, 5.41) is 12.3. The molecule has 3 aromatic rings. The number of aromatic amines is 1. The first-order chi connectivity index (χ1) is 12.1. The van der Waals surface area contributed by atoms with E-state index in [0.717, 1.165) is 36.3 Å². The van der Waals surface area contributed by atoms with Crippen LogP contribution in [0.15, 0.2) is 42.6 Å². The van der Waals surface area contributed by atoms with E-state index in [4.69, 9.17) is 4.74 Å². The average Bonchev–Trinajstić information content (AvgIpc) is 3.02. The molecule has 1 atom stereocenters. The predicted octanol–water partition coefficient (Wildman–Crippen LogP) is 3.86. The fourth-order valence-electron chi connectivity index (χ4n) is 2.84. The van der Waals surface area contributed by atoms with Gasteiger partial charge in [-0.2, -0.15) is 5.10 Å². The third-order valence-electron chi connectivity index (χ3n) is 4.21. The maximum Gasteiger partial charge on any atom is 0.218 e. The van der Waals surface area contributed by atoms with Crippen LogP contribution in [-0.2, 0) is 13.0 Å². The van der Waals surface area contributed by atoms with Crippen molar-refractivity contribution in [3.63, 3.8) is 0 Å². The molecule has 0 unspecified atom stereocenters. The molecule has 0 aliphatic carbocycles. The lowest BCUT2D eigenvalue weighted by Gasteiger charge is -2.16. The molecule has 0 radical (unpaired) electrons. The van der Waals surface area contributed by atoms with Crippen molar-refractivity contribution in [2.24, 2.45) is 0 Å². The van der Waals surface area contributed by atoms with Crippen LogP contribution in [0.5, 0.6) is 5.88 Å². The molecule has 0 saturated carbocycles. The van der Waals surface area contributed by atoms with Crippen molar-refractivity contribution in [1.29, 1.82) is 0 Å². The Hall–Kier alpha value is -2.40. The number of benzene rings is 1. The highest BCUT2D eigenvalue weighted by molar-refractivity contribution is 5.81. The molecular weight excluding hydrogens is 312 g/mol. The van der Waals surface area contributed by atoms with Crippen molar-refractivity contribution in [3.05, 3.63) is 53.9 Å². The number of hydrogen-bond donors (Lipinski definition) is 2. The van der Waals surface area contributed by atoms with E-state index in [1.54, 1.807) is 6.20 Å². The second-order valence-corrected chi connectivity index (χ2v) is 6.67. The molecule has 0 saturated heterocycles. The Labute approximate surface area is 148 Å². The van der Waals surface area contributed by atoms with Crippen molar-refractivity contribution in [1.82, 2.24) is 20.5 Å². The molecule has 0 amide bonds. The number of para-hydroxylation sites is 1. The first kappa shape index (κ1) is 17.4. The van der Waals surface area contributed by atoms with Gasteiger partial charge in [-0.1, -0.05) is 24.3 Å². The van der Waals surface area contributed by atoms with Gasteiger partial charge in [-0.05, 0) is 45.7 Å². The summed E-state index contributed by atoms with van der Waals surface area (Å²) in [6.07, 6.45) is 3.90. The summed E-state index contributed by atoms with van der Waals surface area (Å²) < 4.78 is 5.78. The van der Waals surface area contributed by atoms with Crippen molar-refractivity contribution in [3.8, 4) is 5.88 Å². The van der Waals surface area contributed by atoms with Gasteiger partial charge in [0.15, 0.2) is 0 Å². The number of rotatable bonds is 8. The van der Waals surface area contributed by atoms with Crippen LogP contribution in [0, 0.1) is 0 Å². The van der Waals surface area contributed by atoms with Gasteiger partial charge in [-0.15, -0.1) is 0 Å². The number of aryl methyl sites for hydroxylation is 1. The smallest absolute Gasteiger partial charge is 0.218 e. The van der Waals surface area contributed by atoms with Gasteiger partial charge in [-0.3, -0.25) is 5.10 Å². The van der Waals surface area contributed by atoms with Crippen LogP contribution in [0.3, 0.4) is 0 Å². The topological polar surface area (TPSA) is 62.8 Å². The lowest BCUT2D eigenvalue weighted by molar-refractivity contribution is 0.229. The average molecular weight is 338 g/mol. The lowest BCUT2D eigenvalue weighted by Crippen LogP contribution is -2.26. The summed E-state index contributed by atoms with van der Waals surface area (Å²) in [5.74, 6) is 0.719. The largest absolute Gasteiger partial charge is 0.475 e. The number of hydrogen-bond acceptors (Lipinski definition) is 4. The molecule has 2 heterocycles. The van der Waals surface area contributed by atoms with E-state index in [-0.39, 0.29) is 6.10 Å². The Kier molecular flexibility index (Phi) is 5.66. The number of nitrogens with one attached hydrogen (secondary N) is 2. The van der Waals surface area contributed by atoms with Gasteiger partial charge in [-0.25, -0.2) is 4.98 Å². The zero-order chi connectivity index (χ0) is 17.6. The second-order valence-electron chi connectivity index (χ2n) is 6.67. The standard InChI is InChI=1S/C20H26N4O/c1-14(2)25-20-16(7-6-12-21-20)13-22-15(3)10-11-19-17-8-4-5-9-18(17)23-24-19/h4-9,12,14-15,22H,10-11,13H2,1-3H3,(H,23,24)/t15-/m0/s1. The normalized spacial score (nSPS) is 12.6. The summed E-state index contributed by atoms with van der Waals surface area (Å²) in [6, 6.07) is 12.6. The summed E-state index contributed by atoms with van der Waals surface area (Å²) >= 11 is 0. The minimum Gasteiger partial charge on any atom is -0.475 e. The van der Waals surface area contributed by atoms with Gasteiger partial charge in [0.1, 0.15) is 0 Å². The van der Waals surface area contributed by atoms with E-state index in [0.29, 0.717) is 6.04 Å². The summed E-state index contributed by atoms with van der Waals surface area (Å²) in [6.45, 7) is 6.99. The summed E-state index contributed by atoms with van der Waals surface area (Å²) in [4.78, 5) is 4.34. The SMILES string of the molecule is CC(C)Oc1ncccc1CN[C@@H](C)CCc1[nH]nc2ccccc12. The molecule has 25 heavy (non-hydrogen) atoms. The van der Waals surface area contributed by atoms with Crippen molar-refractivity contribution >= 4 is 10.9 Å². The van der Waals surface area contributed by atoms with Gasteiger partial charge in [0.25, 0.3) is 0 Å². The van der Waals surface area contributed by atoms with Gasteiger partial charge in [0, 0.05) is 35.4 Å². The van der Waals surface area contributed by atoms with Gasteiger partial charge in [0.2, 0.25) is 5.88 Å². The highest BCUT2D eigenvalue weighted by Crippen LogP contribution is 2.18. The maximum absolute atomic E-state index is 5.78. The Morgan fingerprint density at radius 2 is 1.96 bits per heavy atom. The lowest BCUT2D eigenvalue weighted by atomic mass is 10.1. The van der Waals surface area contributed by atoms with Gasteiger partial charge in [0.05, 0.1) is 11.6 Å². The minimum atomic E-state index is 0.125. The molecule has 0 fully saturated rings. The third kappa shape index (κ3) is 4.57. The van der Waals surface area contributed by atoms with Crippen LogP contribution in [0.4, 0.5) is 0 Å². The third-order valence-corrected chi connectivity index (χ3v) is 4.21. The number of ether oxygens (including phenoxy) is 1. The predicted molar refractivity (Wildman–Crippen MR) is 101 cm³/mol. The Balaban J connectivity index is 1.54. The first-order valence-corrected chi connectivity index (χ1v) is 8.89. The van der Waals surface area contributed by atoms with E-state index in [9.17, 15) is 0 Å². The fraction of sp³-hybridized carbons (Fsp3) is 0.400. The molecule has 2 N–H and O–H groups in total. The zero-order valence-corrected chi connectivity index (χ0v) is 15.1.